The highest BCUT2D eigenvalue weighted by molar-refractivity contribution is 5.77. The van der Waals surface area contributed by atoms with Gasteiger partial charge in [-0.2, -0.15) is 0 Å². The monoisotopic (exact) mass is 288 g/mol. The van der Waals surface area contributed by atoms with Crippen LogP contribution in [0.15, 0.2) is 42.5 Å². The van der Waals surface area contributed by atoms with Gasteiger partial charge in [-0.3, -0.25) is 4.79 Å². The van der Waals surface area contributed by atoms with Crippen LogP contribution in [0.3, 0.4) is 0 Å². The molecule has 0 aliphatic carbocycles. The molecule has 0 saturated carbocycles. The van der Waals surface area contributed by atoms with Gasteiger partial charge >= 0.3 is 5.97 Å². The fourth-order valence-corrected chi connectivity index (χ4v) is 2.38. The average Bonchev–Trinajstić information content (AvgIpc) is 2.92. The van der Waals surface area contributed by atoms with Gasteiger partial charge in [-0.15, -0.1) is 0 Å². The van der Waals surface area contributed by atoms with Crippen LogP contribution in [0.25, 0.3) is 0 Å². The van der Waals surface area contributed by atoms with Crippen LogP contribution in [-0.4, -0.2) is 17.9 Å². The number of ether oxygens (including phenoxy) is 2. The van der Waals surface area contributed by atoms with Crippen LogP contribution in [0.4, 0.5) is 4.39 Å². The van der Waals surface area contributed by atoms with Gasteiger partial charge in [0.05, 0.1) is 5.92 Å². The van der Waals surface area contributed by atoms with Crippen molar-refractivity contribution in [1.82, 2.24) is 0 Å². The van der Waals surface area contributed by atoms with Gasteiger partial charge in [0.1, 0.15) is 5.82 Å². The Morgan fingerprint density at radius 1 is 1.19 bits per heavy atom. The molecule has 0 fully saturated rings. The lowest BCUT2D eigenvalue weighted by Crippen LogP contribution is -2.14. The summed E-state index contributed by atoms with van der Waals surface area (Å²) < 4.78 is 23.7. The molecule has 2 aromatic carbocycles. The van der Waals surface area contributed by atoms with Crippen LogP contribution in [-0.2, 0) is 11.2 Å². The lowest BCUT2D eigenvalue weighted by Gasteiger charge is -2.13. The number of hydrogen-bond donors (Lipinski definition) is 1. The van der Waals surface area contributed by atoms with Gasteiger partial charge in [-0.25, -0.2) is 4.39 Å². The molecule has 0 bridgehead atoms. The number of carbonyl (C=O) groups is 1. The third kappa shape index (κ3) is 2.81. The summed E-state index contributed by atoms with van der Waals surface area (Å²) in [6.45, 7) is 0.139. The molecule has 0 radical (unpaired) electrons. The number of benzene rings is 2. The molecule has 0 saturated heterocycles. The number of carboxylic acid groups (broad SMARTS) is 1. The minimum absolute atomic E-state index is 0.139. The summed E-state index contributed by atoms with van der Waals surface area (Å²) in [7, 11) is 0. The van der Waals surface area contributed by atoms with Crippen molar-refractivity contribution in [3.05, 3.63) is 59.4 Å². The first-order valence-electron chi connectivity index (χ1n) is 6.50. The van der Waals surface area contributed by atoms with E-state index < -0.39 is 11.9 Å². The van der Waals surface area contributed by atoms with Crippen molar-refractivity contribution in [3.63, 3.8) is 0 Å². The molecule has 0 spiro atoms. The summed E-state index contributed by atoms with van der Waals surface area (Å²) >= 11 is 0. The SMILES string of the molecule is O=C(O)C(Cc1cccc(F)c1)c1ccc2c(c1)OCO2. The molecule has 1 heterocycles. The molecule has 1 atom stereocenters. The topological polar surface area (TPSA) is 55.8 Å². The fourth-order valence-electron chi connectivity index (χ4n) is 2.38. The molecule has 1 aliphatic rings. The van der Waals surface area contributed by atoms with Crippen molar-refractivity contribution in [2.45, 2.75) is 12.3 Å². The Morgan fingerprint density at radius 3 is 2.76 bits per heavy atom. The van der Waals surface area contributed by atoms with E-state index in [1.54, 1.807) is 30.3 Å². The largest absolute Gasteiger partial charge is 0.481 e. The first-order chi connectivity index (χ1) is 10.1. The zero-order valence-electron chi connectivity index (χ0n) is 11.1. The number of carboxylic acids is 1. The van der Waals surface area contributed by atoms with Crippen LogP contribution >= 0.6 is 0 Å². The lowest BCUT2D eigenvalue weighted by molar-refractivity contribution is -0.138. The van der Waals surface area contributed by atoms with E-state index in [1.807, 2.05) is 0 Å². The van der Waals surface area contributed by atoms with Crippen molar-refractivity contribution in [2.24, 2.45) is 0 Å². The summed E-state index contributed by atoms with van der Waals surface area (Å²) in [6.07, 6.45) is 0.215. The van der Waals surface area contributed by atoms with Crippen molar-refractivity contribution in [3.8, 4) is 11.5 Å². The molecular formula is C16H13FO4. The molecule has 1 N–H and O–H groups in total. The van der Waals surface area contributed by atoms with Crippen molar-refractivity contribution in [2.75, 3.05) is 6.79 Å². The summed E-state index contributed by atoms with van der Waals surface area (Å²) in [5, 5.41) is 9.44. The standard InChI is InChI=1S/C16H13FO4/c17-12-3-1-2-10(6-12)7-13(16(18)19)11-4-5-14-15(8-11)21-9-20-14/h1-6,8,13H,7,9H2,(H,18,19). The fraction of sp³-hybridized carbons (Fsp3) is 0.188. The maximum Gasteiger partial charge on any atom is 0.311 e. The molecule has 0 amide bonds. The van der Waals surface area contributed by atoms with Gasteiger partial charge in [0.2, 0.25) is 6.79 Å². The Morgan fingerprint density at radius 2 is 2.00 bits per heavy atom. The molecule has 3 rings (SSSR count). The molecular weight excluding hydrogens is 275 g/mol. The molecule has 5 heteroatoms. The number of rotatable bonds is 4. The summed E-state index contributed by atoms with van der Waals surface area (Å²) in [6, 6.07) is 11.0. The Hall–Kier alpha value is -2.56. The van der Waals surface area contributed by atoms with E-state index >= 15 is 0 Å². The molecule has 1 aliphatic heterocycles. The van der Waals surface area contributed by atoms with Crippen molar-refractivity contribution < 1.29 is 23.8 Å². The lowest BCUT2D eigenvalue weighted by atomic mass is 9.92. The predicted molar refractivity (Wildman–Crippen MR) is 73.0 cm³/mol. The van der Waals surface area contributed by atoms with E-state index in [0.717, 1.165) is 0 Å². The van der Waals surface area contributed by atoms with Gasteiger partial charge in [0.25, 0.3) is 0 Å². The third-order valence-corrected chi connectivity index (χ3v) is 3.43. The summed E-state index contributed by atoms with van der Waals surface area (Å²) in [4.78, 5) is 11.5. The highest BCUT2D eigenvalue weighted by atomic mass is 19.1. The Labute approximate surface area is 120 Å². The van der Waals surface area contributed by atoms with Crippen LogP contribution in [0.2, 0.25) is 0 Å². The Balaban J connectivity index is 1.89. The van der Waals surface area contributed by atoms with Gasteiger partial charge in [0, 0.05) is 0 Å². The Kier molecular flexibility index (Phi) is 3.48. The predicted octanol–water partition coefficient (Wildman–Crippen LogP) is 2.97. The minimum Gasteiger partial charge on any atom is -0.481 e. The highest BCUT2D eigenvalue weighted by Gasteiger charge is 2.23. The van der Waals surface area contributed by atoms with Crippen LogP contribution < -0.4 is 9.47 Å². The van der Waals surface area contributed by atoms with Crippen molar-refractivity contribution in [1.29, 1.82) is 0 Å². The second kappa shape index (κ2) is 5.44. The summed E-state index contributed by atoms with van der Waals surface area (Å²) in [5.74, 6) is -0.951. The number of hydrogen-bond acceptors (Lipinski definition) is 3. The van der Waals surface area contributed by atoms with Crippen LogP contribution in [0.5, 0.6) is 11.5 Å². The first kappa shape index (κ1) is 13.4. The van der Waals surface area contributed by atoms with Crippen LogP contribution in [0.1, 0.15) is 17.0 Å². The maximum atomic E-state index is 13.2. The van der Waals surface area contributed by atoms with Gasteiger partial charge < -0.3 is 14.6 Å². The molecule has 21 heavy (non-hydrogen) atoms. The first-order valence-corrected chi connectivity index (χ1v) is 6.50. The molecule has 1 unspecified atom stereocenters. The number of aliphatic carboxylic acids is 1. The smallest absolute Gasteiger partial charge is 0.311 e. The zero-order chi connectivity index (χ0) is 14.8. The summed E-state index contributed by atoms with van der Waals surface area (Å²) in [5.41, 5.74) is 1.25. The second-order valence-electron chi connectivity index (χ2n) is 4.84. The normalized spacial score (nSPS) is 14.0. The van der Waals surface area contributed by atoms with E-state index in [0.29, 0.717) is 22.6 Å². The van der Waals surface area contributed by atoms with Gasteiger partial charge in [-0.05, 0) is 41.8 Å². The second-order valence-corrected chi connectivity index (χ2v) is 4.84. The molecule has 0 aromatic heterocycles. The molecule has 108 valence electrons. The van der Waals surface area contributed by atoms with E-state index in [-0.39, 0.29) is 19.0 Å². The van der Waals surface area contributed by atoms with Crippen LogP contribution in [0, 0.1) is 5.82 Å². The van der Waals surface area contributed by atoms with E-state index in [2.05, 4.69) is 0 Å². The maximum absolute atomic E-state index is 13.2. The van der Waals surface area contributed by atoms with E-state index in [9.17, 15) is 14.3 Å². The zero-order valence-corrected chi connectivity index (χ0v) is 11.1. The van der Waals surface area contributed by atoms with Gasteiger partial charge in [-0.1, -0.05) is 18.2 Å². The number of fused-ring (bicyclic) bond motifs is 1. The minimum atomic E-state index is -0.960. The Bertz CT molecular complexity index is 684. The molecule has 2 aromatic rings. The van der Waals surface area contributed by atoms with E-state index in [1.165, 1.54) is 12.1 Å². The van der Waals surface area contributed by atoms with E-state index in [4.69, 9.17) is 9.47 Å². The highest BCUT2D eigenvalue weighted by Crippen LogP contribution is 2.35. The van der Waals surface area contributed by atoms with Crippen molar-refractivity contribution >= 4 is 5.97 Å². The van der Waals surface area contributed by atoms with Gasteiger partial charge in [0.15, 0.2) is 11.5 Å². The average molecular weight is 288 g/mol. The third-order valence-electron chi connectivity index (χ3n) is 3.43. The number of halogens is 1. The quantitative estimate of drug-likeness (QED) is 0.939. The molecule has 4 nitrogen and oxygen atoms in total.